The zero-order valence-electron chi connectivity index (χ0n) is 25.1. The maximum Gasteiger partial charge on any atom is 0.303 e. The van der Waals surface area contributed by atoms with Crippen molar-refractivity contribution in [2.45, 2.75) is 110 Å². The normalized spacial score (nSPS) is 31.5. The molecule has 2 aliphatic heterocycles. The molecule has 2 saturated heterocycles. The van der Waals surface area contributed by atoms with E-state index in [-0.39, 0.29) is 0 Å². The van der Waals surface area contributed by atoms with Gasteiger partial charge in [-0.15, -0.1) is 0 Å². The lowest BCUT2D eigenvalue weighted by molar-refractivity contribution is -0.363. The first-order chi connectivity index (χ1) is 20.5. The topological polar surface area (TPSA) is 232 Å². The van der Waals surface area contributed by atoms with E-state index in [2.05, 4.69) is 0 Å². The molecule has 2 aliphatic rings. The molecule has 0 saturated carbocycles. The molecule has 1 N–H and O–H groups in total. The molecule has 2 heterocycles. The number of carbonyl (C=O) groups is 7. The van der Waals surface area contributed by atoms with E-state index in [0.717, 1.165) is 48.5 Å². The molecule has 0 radical (unpaired) electrons. The maximum absolute atomic E-state index is 12.1. The lowest BCUT2D eigenvalue weighted by atomic mass is 9.96. The summed E-state index contributed by atoms with van der Waals surface area (Å²) < 4.78 is 53.9. The SMILES string of the molecule is CC(=O)OC[C@@H]1O[C@@H](O)[C@H](O[C@@H]2O[C@@H](COC(C)=O)[C@@H](OC(C)=O)[C@H](OC(C)=O)[C@H]2OC(C)=O)[C@@H](OC(C)=O)[C@@H]1OC(C)=O. The molecule has 18 heteroatoms. The first-order valence-corrected chi connectivity index (χ1v) is 13.3. The third-order valence-electron chi connectivity index (χ3n) is 5.90. The van der Waals surface area contributed by atoms with Gasteiger partial charge in [0.2, 0.25) is 0 Å². The van der Waals surface area contributed by atoms with Crippen molar-refractivity contribution in [1.29, 1.82) is 0 Å². The van der Waals surface area contributed by atoms with E-state index in [9.17, 15) is 38.7 Å². The minimum Gasteiger partial charge on any atom is -0.463 e. The highest BCUT2D eigenvalue weighted by Crippen LogP contribution is 2.34. The van der Waals surface area contributed by atoms with E-state index < -0.39 is 116 Å². The summed E-state index contributed by atoms with van der Waals surface area (Å²) in [6.07, 6.45) is -16.3. The molecule has 0 aromatic rings. The second-order valence-corrected chi connectivity index (χ2v) is 9.68. The van der Waals surface area contributed by atoms with Crippen molar-refractivity contribution in [3.63, 3.8) is 0 Å². The summed E-state index contributed by atoms with van der Waals surface area (Å²) in [6.45, 7) is 6.19. The van der Waals surface area contributed by atoms with Gasteiger partial charge in [0.05, 0.1) is 0 Å². The maximum atomic E-state index is 12.1. The first kappa shape index (κ1) is 36.3. The van der Waals surface area contributed by atoms with Crippen LogP contribution in [0.25, 0.3) is 0 Å². The van der Waals surface area contributed by atoms with Gasteiger partial charge < -0.3 is 52.5 Å². The summed E-state index contributed by atoms with van der Waals surface area (Å²) in [4.78, 5) is 83.3. The fourth-order valence-corrected chi connectivity index (χ4v) is 4.49. The molecule has 2 fully saturated rings. The third-order valence-corrected chi connectivity index (χ3v) is 5.90. The summed E-state index contributed by atoms with van der Waals surface area (Å²) in [5, 5.41) is 11.0. The van der Waals surface area contributed by atoms with Crippen LogP contribution in [0, 0.1) is 0 Å². The Morgan fingerprint density at radius 1 is 0.477 bits per heavy atom. The summed E-state index contributed by atoms with van der Waals surface area (Å²) in [6, 6.07) is 0. The predicted molar refractivity (Wildman–Crippen MR) is 135 cm³/mol. The molecule has 0 spiro atoms. The van der Waals surface area contributed by atoms with Gasteiger partial charge in [-0.3, -0.25) is 33.6 Å². The van der Waals surface area contributed by atoms with Gasteiger partial charge in [0.25, 0.3) is 0 Å². The second kappa shape index (κ2) is 16.3. The van der Waals surface area contributed by atoms with Crippen LogP contribution in [0.5, 0.6) is 0 Å². The Morgan fingerprint density at radius 2 is 0.818 bits per heavy atom. The Bertz CT molecular complexity index is 1090. The molecule has 0 aliphatic carbocycles. The van der Waals surface area contributed by atoms with Gasteiger partial charge in [-0.05, 0) is 0 Å². The molecule has 44 heavy (non-hydrogen) atoms. The summed E-state index contributed by atoms with van der Waals surface area (Å²) in [7, 11) is 0. The third kappa shape index (κ3) is 10.7. The minimum absolute atomic E-state index is 0.534. The standard InChI is InChI=1S/C26H36O18/c1-10(27)35-8-17-19(37-12(3)29)21(39-14(5)31)23(25(34)42-17)44-26-24(41-16(7)33)22(40-15(6)32)20(38-13(4)30)18(43-26)9-36-11(2)28/h17-26,34H,8-9H2,1-7H3/t17-,18-,19+,20+,21-,22-,23+,24+,25+,26-/m0/s1. The number of aliphatic hydroxyl groups excluding tert-OH is 1. The first-order valence-electron chi connectivity index (χ1n) is 13.3. The van der Waals surface area contributed by atoms with Crippen LogP contribution in [-0.2, 0) is 80.9 Å². The lowest BCUT2D eigenvalue weighted by Crippen LogP contribution is -2.67. The van der Waals surface area contributed by atoms with Crippen molar-refractivity contribution in [3.05, 3.63) is 0 Å². The highest BCUT2D eigenvalue weighted by Gasteiger charge is 2.57. The Kier molecular flexibility index (Phi) is 13.4. The van der Waals surface area contributed by atoms with E-state index in [0.29, 0.717) is 0 Å². The number of rotatable bonds is 11. The highest BCUT2D eigenvalue weighted by molar-refractivity contribution is 5.69. The predicted octanol–water partition coefficient (Wildman–Crippen LogP) is -1.40. The Morgan fingerprint density at radius 3 is 1.20 bits per heavy atom. The lowest BCUT2D eigenvalue weighted by Gasteiger charge is -2.47. The summed E-state index contributed by atoms with van der Waals surface area (Å²) in [5.41, 5.74) is 0. The number of ether oxygens (including phenoxy) is 10. The van der Waals surface area contributed by atoms with Crippen molar-refractivity contribution in [3.8, 4) is 0 Å². The molecule has 0 aromatic carbocycles. The second-order valence-electron chi connectivity index (χ2n) is 9.68. The van der Waals surface area contributed by atoms with Crippen molar-refractivity contribution >= 4 is 41.8 Å². The van der Waals surface area contributed by atoms with Crippen molar-refractivity contribution in [1.82, 2.24) is 0 Å². The van der Waals surface area contributed by atoms with E-state index in [1.807, 2.05) is 0 Å². The number of hydrogen-bond donors (Lipinski definition) is 1. The molecular weight excluding hydrogens is 600 g/mol. The molecule has 0 aromatic heterocycles. The molecule has 2 rings (SSSR count). The van der Waals surface area contributed by atoms with Gasteiger partial charge in [0, 0.05) is 48.5 Å². The van der Waals surface area contributed by atoms with Crippen LogP contribution in [0.1, 0.15) is 48.5 Å². The summed E-state index contributed by atoms with van der Waals surface area (Å²) >= 11 is 0. The van der Waals surface area contributed by atoms with Crippen LogP contribution in [0.15, 0.2) is 0 Å². The van der Waals surface area contributed by atoms with Gasteiger partial charge in [-0.2, -0.15) is 0 Å². The van der Waals surface area contributed by atoms with Crippen LogP contribution in [0.3, 0.4) is 0 Å². The fraction of sp³-hybridized carbons (Fsp3) is 0.731. The van der Waals surface area contributed by atoms with Crippen LogP contribution in [-0.4, -0.2) is 122 Å². The van der Waals surface area contributed by atoms with Gasteiger partial charge in [0.1, 0.15) is 25.4 Å². The smallest absolute Gasteiger partial charge is 0.303 e. The molecule has 0 unspecified atom stereocenters. The number of esters is 7. The largest absolute Gasteiger partial charge is 0.463 e. The fourth-order valence-electron chi connectivity index (χ4n) is 4.49. The van der Waals surface area contributed by atoms with Gasteiger partial charge in [-0.25, -0.2) is 0 Å². The quantitative estimate of drug-likeness (QED) is 0.203. The molecule has 18 nitrogen and oxygen atoms in total. The van der Waals surface area contributed by atoms with E-state index in [1.54, 1.807) is 0 Å². The van der Waals surface area contributed by atoms with Gasteiger partial charge >= 0.3 is 41.8 Å². The Labute approximate surface area is 251 Å². The monoisotopic (exact) mass is 636 g/mol. The molecular formula is C26H36O18. The van der Waals surface area contributed by atoms with Crippen LogP contribution >= 0.6 is 0 Å². The average Bonchev–Trinajstić information content (AvgIpc) is 2.87. The molecule has 248 valence electrons. The number of hydrogen-bond acceptors (Lipinski definition) is 18. The van der Waals surface area contributed by atoms with Gasteiger partial charge in [-0.1, -0.05) is 0 Å². The summed E-state index contributed by atoms with van der Waals surface area (Å²) in [5.74, 6) is -5.97. The average molecular weight is 637 g/mol. The molecule has 0 amide bonds. The van der Waals surface area contributed by atoms with E-state index >= 15 is 0 Å². The zero-order valence-corrected chi connectivity index (χ0v) is 25.1. The van der Waals surface area contributed by atoms with E-state index in [4.69, 9.17) is 47.4 Å². The van der Waals surface area contributed by atoms with Crippen LogP contribution in [0.4, 0.5) is 0 Å². The molecule has 10 atom stereocenters. The Balaban J connectivity index is 2.59. The van der Waals surface area contributed by atoms with Crippen LogP contribution in [0.2, 0.25) is 0 Å². The van der Waals surface area contributed by atoms with Crippen LogP contribution < -0.4 is 0 Å². The Hall–Kier alpha value is -3.87. The zero-order chi connectivity index (χ0) is 33.3. The van der Waals surface area contributed by atoms with Crippen molar-refractivity contribution in [2.75, 3.05) is 13.2 Å². The number of carbonyl (C=O) groups excluding carboxylic acids is 7. The highest BCUT2D eigenvalue weighted by atomic mass is 16.8. The number of aliphatic hydroxyl groups is 1. The van der Waals surface area contributed by atoms with Crippen molar-refractivity contribution < 1.29 is 86.0 Å². The van der Waals surface area contributed by atoms with Gasteiger partial charge in [0.15, 0.2) is 49.2 Å². The molecule has 0 bridgehead atoms. The minimum atomic E-state index is -1.99. The van der Waals surface area contributed by atoms with Crippen molar-refractivity contribution in [2.24, 2.45) is 0 Å². The van der Waals surface area contributed by atoms with E-state index in [1.165, 1.54) is 0 Å².